The highest BCUT2D eigenvalue weighted by Gasteiger charge is 2.13. The Morgan fingerprint density at radius 1 is 0.316 bits per heavy atom. The molecule has 6 rings (SSSR count). The van der Waals surface area contributed by atoms with Crippen molar-refractivity contribution in [2.24, 2.45) is 0 Å². The van der Waals surface area contributed by atoms with Crippen molar-refractivity contribution in [3.8, 4) is 33.4 Å². The molecule has 0 radical (unpaired) electrons. The lowest BCUT2D eigenvalue weighted by Crippen LogP contribution is -2.09. The van der Waals surface area contributed by atoms with Crippen LogP contribution in [0.5, 0.6) is 0 Å². The maximum atomic E-state index is 3.53. The van der Waals surface area contributed by atoms with Crippen LogP contribution in [0.1, 0.15) is 0 Å². The predicted molar refractivity (Wildman–Crippen MR) is 165 cm³/mol. The molecule has 0 unspecified atom stereocenters. The number of rotatable bonds is 6. The van der Waals surface area contributed by atoms with E-state index < -0.39 is 0 Å². The van der Waals surface area contributed by atoms with Gasteiger partial charge in [0.2, 0.25) is 0 Å². The maximum absolute atomic E-state index is 3.53. The van der Waals surface area contributed by atoms with Gasteiger partial charge in [0.05, 0.1) is 0 Å². The number of para-hydroxylation sites is 1. The van der Waals surface area contributed by atoms with E-state index in [0.717, 1.165) is 21.5 Å². The monoisotopic (exact) mass is 551 g/mol. The van der Waals surface area contributed by atoms with Crippen molar-refractivity contribution in [3.05, 3.63) is 162 Å². The summed E-state index contributed by atoms with van der Waals surface area (Å²) in [5.41, 5.74) is 10.6. The first-order valence-corrected chi connectivity index (χ1v) is 13.5. The minimum absolute atomic E-state index is 1.09. The predicted octanol–water partition coefficient (Wildman–Crippen LogP) is 10.9. The van der Waals surface area contributed by atoms with Gasteiger partial charge in [-0.05, 0) is 88.0 Å². The maximum Gasteiger partial charge on any atom is 0.0462 e. The van der Waals surface area contributed by atoms with Crippen LogP contribution in [0.15, 0.2) is 162 Å². The van der Waals surface area contributed by atoms with Gasteiger partial charge in [0.1, 0.15) is 0 Å². The average molecular weight is 553 g/mol. The first kappa shape index (κ1) is 24.0. The fourth-order valence-corrected chi connectivity index (χ4v) is 5.05. The molecule has 0 heterocycles. The van der Waals surface area contributed by atoms with Gasteiger partial charge < -0.3 is 4.90 Å². The van der Waals surface area contributed by atoms with Crippen molar-refractivity contribution >= 4 is 33.0 Å². The summed E-state index contributed by atoms with van der Waals surface area (Å²) in [6.45, 7) is 0. The fourth-order valence-electron chi connectivity index (χ4n) is 4.78. The van der Waals surface area contributed by atoms with E-state index in [-0.39, 0.29) is 0 Å². The Bertz CT molecular complexity index is 1620. The summed E-state index contributed by atoms with van der Waals surface area (Å²) >= 11 is 3.53. The Hall–Kier alpha value is -4.40. The summed E-state index contributed by atoms with van der Waals surface area (Å²) < 4.78 is 1.09. The van der Waals surface area contributed by atoms with Gasteiger partial charge in [-0.25, -0.2) is 0 Å². The van der Waals surface area contributed by atoms with Crippen molar-refractivity contribution in [1.82, 2.24) is 0 Å². The van der Waals surface area contributed by atoms with E-state index in [2.05, 4.69) is 179 Å². The highest BCUT2D eigenvalue weighted by molar-refractivity contribution is 9.10. The molecule has 6 aromatic rings. The van der Waals surface area contributed by atoms with E-state index in [1.54, 1.807) is 0 Å². The van der Waals surface area contributed by atoms with Crippen LogP contribution in [-0.2, 0) is 0 Å². The van der Waals surface area contributed by atoms with Gasteiger partial charge in [0.25, 0.3) is 0 Å². The van der Waals surface area contributed by atoms with Crippen molar-refractivity contribution in [3.63, 3.8) is 0 Å². The molecule has 0 aliphatic heterocycles. The lowest BCUT2D eigenvalue weighted by molar-refractivity contribution is 1.28. The minimum atomic E-state index is 1.09. The topological polar surface area (TPSA) is 3.24 Å². The van der Waals surface area contributed by atoms with Crippen LogP contribution in [0.4, 0.5) is 17.1 Å². The highest BCUT2D eigenvalue weighted by atomic mass is 79.9. The van der Waals surface area contributed by atoms with Crippen molar-refractivity contribution in [1.29, 1.82) is 0 Å². The zero-order chi connectivity index (χ0) is 25.7. The van der Waals surface area contributed by atoms with E-state index in [1.165, 1.54) is 33.4 Å². The Morgan fingerprint density at radius 3 is 1.21 bits per heavy atom. The molecule has 0 saturated carbocycles. The zero-order valence-electron chi connectivity index (χ0n) is 20.8. The number of anilines is 3. The normalized spacial score (nSPS) is 10.8. The van der Waals surface area contributed by atoms with Crippen LogP contribution in [0.25, 0.3) is 33.4 Å². The molecule has 6 aromatic carbocycles. The molecule has 0 aromatic heterocycles. The third-order valence-corrected chi connectivity index (χ3v) is 7.27. The van der Waals surface area contributed by atoms with E-state index in [1.807, 2.05) is 0 Å². The van der Waals surface area contributed by atoms with Crippen LogP contribution in [-0.4, -0.2) is 0 Å². The molecule has 0 fully saturated rings. The lowest BCUT2D eigenvalue weighted by atomic mass is 9.99. The van der Waals surface area contributed by atoms with Gasteiger partial charge in [-0.3, -0.25) is 0 Å². The Kier molecular flexibility index (Phi) is 6.89. The van der Waals surface area contributed by atoms with Gasteiger partial charge in [-0.2, -0.15) is 0 Å². The Balaban J connectivity index is 1.33. The Morgan fingerprint density at radius 2 is 0.684 bits per heavy atom. The molecule has 2 heteroatoms. The van der Waals surface area contributed by atoms with Gasteiger partial charge in [-0.1, -0.05) is 119 Å². The third-order valence-electron chi connectivity index (χ3n) is 6.75. The smallest absolute Gasteiger partial charge is 0.0462 e. The average Bonchev–Trinajstić information content (AvgIpc) is 2.99. The number of hydrogen-bond acceptors (Lipinski definition) is 1. The zero-order valence-corrected chi connectivity index (χ0v) is 22.4. The molecule has 0 aliphatic rings. The van der Waals surface area contributed by atoms with E-state index >= 15 is 0 Å². The molecule has 0 amide bonds. The number of hydrogen-bond donors (Lipinski definition) is 0. The second-order valence-corrected chi connectivity index (χ2v) is 10.1. The number of halogens is 1. The highest BCUT2D eigenvalue weighted by Crippen LogP contribution is 2.37. The first-order valence-electron chi connectivity index (χ1n) is 12.7. The van der Waals surface area contributed by atoms with Gasteiger partial charge in [0, 0.05) is 21.5 Å². The van der Waals surface area contributed by atoms with E-state index in [4.69, 9.17) is 0 Å². The van der Waals surface area contributed by atoms with Gasteiger partial charge in [-0.15, -0.1) is 0 Å². The van der Waals surface area contributed by atoms with E-state index in [0.29, 0.717) is 0 Å². The largest absolute Gasteiger partial charge is 0.311 e. The summed E-state index contributed by atoms with van der Waals surface area (Å²) in [6, 6.07) is 55.9. The van der Waals surface area contributed by atoms with Gasteiger partial charge in [0.15, 0.2) is 0 Å². The summed E-state index contributed by atoms with van der Waals surface area (Å²) in [4.78, 5) is 2.30. The molecule has 0 N–H and O–H groups in total. The van der Waals surface area contributed by atoms with Crippen LogP contribution in [0.3, 0.4) is 0 Å². The van der Waals surface area contributed by atoms with Crippen LogP contribution < -0.4 is 4.90 Å². The summed E-state index contributed by atoms with van der Waals surface area (Å²) in [7, 11) is 0. The molecule has 182 valence electrons. The minimum Gasteiger partial charge on any atom is -0.311 e. The van der Waals surface area contributed by atoms with Crippen LogP contribution in [0, 0.1) is 0 Å². The molecule has 1 nitrogen and oxygen atoms in total. The second kappa shape index (κ2) is 10.9. The summed E-state index contributed by atoms with van der Waals surface area (Å²) in [5, 5.41) is 0. The number of nitrogens with zero attached hydrogens (tertiary/aromatic N) is 1. The lowest BCUT2D eigenvalue weighted by Gasteiger charge is -2.26. The molecule has 0 atom stereocenters. The van der Waals surface area contributed by atoms with E-state index in [9.17, 15) is 0 Å². The molecule has 0 spiro atoms. The standard InChI is InChI=1S/C36H26BrN/c37-33-20-14-29(15-21-33)31-10-7-11-32(26-31)30-18-24-36(25-19-30)38(34-12-5-2-6-13-34)35-22-16-28(17-23-35)27-8-3-1-4-9-27/h1-26H. The first-order chi connectivity index (χ1) is 18.7. The number of benzene rings is 6. The van der Waals surface area contributed by atoms with Crippen molar-refractivity contribution in [2.75, 3.05) is 4.90 Å². The van der Waals surface area contributed by atoms with Crippen LogP contribution in [0.2, 0.25) is 0 Å². The molecule has 0 aliphatic carbocycles. The quantitative estimate of drug-likeness (QED) is 0.199. The summed E-state index contributed by atoms with van der Waals surface area (Å²) in [6.07, 6.45) is 0. The third kappa shape index (κ3) is 5.18. The molecule has 0 saturated heterocycles. The molecule has 38 heavy (non-hydrogen) atoms. The van der Waals surface area contributed by atoms with Crippen LogP contribution >= 0.6 is 15.9 Å². The molecular formula is C36H26BrN. The SMILES string of the molecule is Brc1ccc(-c2cccc(-c3ccc(N(c4ccccc4)c4ccc(-c5ccccc5)cc4)cc3)c2)cc1. The van der Waals surface area contributed by atoms with Crippen molar-refractivity contribution < 1.29 is 0 Å². The second-order valence-electron chi connectivity index (χ2n) is 9.22. The van der Waals surface area contributed by atoms with Crippen molar-refractivity contribution in [2.45, 2.75) is 0 Å². The van der Waals surface area contributed by atoms with Gasteiger partial charge >= 0.3 is 0 Å². The fraction of sp³-hybridized carbons (Fsp3) is 0. The molecular weight excluding hydrogens is 526 g/mol. The molecule has 0 bridgehead atoms. The summed E-state index contributed by atoms with van der Waals surface area (Å²) in [5.74, 6) is 0. The Labute approximate surface area is 232 Å².